The zero-order valence-corrected chi connectivity index (χ0v) is 18.4. The molecule has 1 aliphatic carbocycles. The highest BCUT2D eigenvalue weighted by atomic mass is 35.5. The molecule has 0 heterocycles. The fourth-order valence-electron chi connectivity index (χ4n) is 4.20. The Bertz CT molecular complexity index is 660. The van der Waals surface area contributed by atoms with Crippen molar-refractivity contribution in [3.63, 3.8) is 0 Å². The average Bonchev–Trinajstić information content (AvgIpc) is 3.01. The van der Waals surface area contributed by atoms with Crippen molar-refractivity contribution in [1.29, 1.82) is 0 Å². The highest BCUT2D eigenvalue weighted by molar-refractivity contribution is 6.21. The molecule has 0 radical (unpaired) electrons. The van der Waals surface area contributed by atoms with Gasteiger partial charge in [0.15, 0.2) is 0 Å². The zero-order chi connectivity index (χ0) is 21.2. The molecule has 2 rings (SSSR count). The number of unbranched alkanes of at least 4 members (excludes halogenated alkanes) is 2. The molecule has 5 atom stereocenters. The largest absolute Gasteiger partial charge is 0.469 e. The molecule has 1 aromatic rings. The number of carbonyl (C=O) groups excluding carboxylic acids is 1. The summed E-state index contributed by atoms with van der Waals surface area (Å²) in [5.74, 6) is -0.0682. The van der Waals surface area contributed by atoms with Gasteiger partial charge in [0, 0.05) is 17.7 Å². The Morgan fingerprint density at radius 2 is 2.14 bits per heavy atom. The highest BCUT2D eigenvalue weighted by Crippen LogP contribution is 2.45. The third kappa shape index (κ3) is 7.13. The summed E-state index contributed by atoms with van der Waals surface area (Å²) in [6, 6.07) is 8.00. The van der Waals surface area contributed by atoms with Crippen molar-refractivity contribution in [3.8, 4) is 0 Å². The van der Waals surface area contributed by atoms with Crippen LogP contribution < -0.4 is 0 Å². The number of ether oxygens (including phenoxy) is 1. The Hall–Kier alpha value is -1.36. The topological polar surface area (TPSA) is 66.8 Å². The number of aliphatic hydroxyl groups excluding tert-OH is 2. The fourth-order valence-corrected chi connectivity index (χ4v) is 4.64. The Morgan fingerprint density at radius 1 is 1.34 bits per heavy atom. The van der Waals surface area contributed by atoms with E-state index >= 15 is 0 Å². The Morgan fingerprint density at radius 3 is 2.86 bits per heavy atom. The molecule has 1 aromatic carbocycles. The van der Waals surface area contributed by atoms with Gasteiger partial charge in [0.25, 0.3) is 0 Å². The lowest BCUT2D eigenvalue weighted by Gasteiger charge is -2.24. The van der Waals surface area contributed by atoms with Gasteiger partial charge in [0.2, 0.25) is 0 Å². The highest BCUT2D eigenvalue weighted by Gasteiger charge is 2.41. The van der Waals surface area contributed by atoms with Gasteiger partial charge in [-0.15, -0.1) is 11.6 Å². The second kappa shape index (κ2) is 12.4. The van der Waals surface area contributed by atoms with E-state index in [2.05, 4.69) is 23.8 Å². The van der Waals surface area contributed by atoms with Crippen LogP contribution in [0.25, 0.3) is 0 Å². The van der Waals surface area contributed by atoms with Crippen LogP contribution >= 0.6 is 11.6 Å². The third-order valence-electron chi connectivity index (χ3n) is 5.87. The van der Waals surface area contributed by atoms with E-state index < -0.39 is 12.2 Å². The molecule has 0 aromatic heterocycles. The summed E-state index contributed by atoms with van der Waals surface area (Å²) in [6.07, 6.45) is 9.44. The van der Waals surface area contributed by atoms with Crippen molar-refractivity contribution in [2.24, 2.45) is 5.92 Å². The van der Waals surface area contributed by atoms with E-state index in [-0.39, 0.29) is 23.2 Å². The summed E-state index contributed by atoms with van der Waals surface area (Å²) in [4.78, 5) is 11.2. The molecule has 4 nitrogen and oxygen atoms in total. The van der Waals surface area contributed by atoms with Crippen molar-refractivity contribution < 1.29 is 19.7 Å². The molecule has 5 heteroatoms. The molecule has 1 fully saturated rings. The smallest absolute Gasteiger partial charge is 0.305 e. The Kier molecular flexibility index (Phi) is 10.2. The molecular formula is C24H35ClO4. The molecule has 0 spiro atoms. The van der Waals surface area contributed by atoms with Crippen molar-refractivity contribution in [2.45, 2.75) is 81.8 Å². The first-order chi connectivity index (χ1) is 14.0. The molecule has 0 aliphatic heterocycles. The maximum atomic E-state index is 11.2. The van der Waals surface area contributed by atoms with Crippen molar-refractivity contribution in [2.75, 3.05) is 7.11 Å². The van der Waals surface area contributed by atoms with E-state index in [0.717, 1.165) is 49.7 Å². The lowest BCUT2D eigenvalue weighted by molar-refractivity contribution is -0.140. The van der Waals surface area contributed by atoms with Crippen LogP contribution in [-0.4, -0.2) is 34.8 Å². The minimum atomic E-state index is -0.474. The molecule has 0 bridgehead atoms. The van der Waals surface area contributed by atoms with E-state index in [1.54, 1.807) is 0 Å². The van der Waals surface area contributed by atoms with Crippen LogP contribution in [0.1, 0.15) is 81.4 Å². The van der Waals surface area contributed by atoms with Crippen LogP contribution in [0.3, 0.4) is 0 Å². The van der Waals surface area contributed by atoms with Crippen LogP contribution in [0, 0.1) is 5.92 Å². The second-order valence-corrected chi connectivity index (χ2v) is 8.57. The number of benzene rings is 1. The molecule has 0 amide bonds. The van der Waals surface area contributed by atoms with E-state index in [4.69, 9.17) is 11.6 Å². The molecule has 1 saturated carbocycles. The van der Waals surface area contributed by atoms with Crippen LogP contribution in [0.5, 0.6) is 0 Å². The number of allylic oxidation sites excluding steroid dienone is 2. The number of rotatable bonds is 11. The number of halogens is 1. The van der Waals surface area contributed by atoms with Gasteiger partial charge in [-0.05, 0) is 49.1 Å². The van der Waals surface area contributed by atoms with E-state index in [0.29, 0.717) is 12.8 Å². The molecular weight excluding hydrogens is 388 g/mol. The molecule has 1 aliphatic rings. The predicted octanol–water partition coefficient (Wildman–Crippen LogP) is 5.27. The molecule has 29 heavy (non-hydrogen) atoms. The van der Waals surface area contributed by atoms with E-state index in [1.807, 2.05) is 24.3 Å². The lowest BCUT2D eigenvalue weighted by Crippen LogP contribution is -2.18. The zero-order valence-electron chi connectivity index (χ0n) is 17.6. The Labute approximate surface area is 179 Å². The quantitative estimate of drug-likeness (QED) is 0.220. The number of carbonyl (C=O) groups is 1. The van der Waals surface area contributed by atoms with Crippen LogP contribution in [0.2, 0.25) is 0 Å². The van der Waals surface area contributed by atoms with Gasteiger partial charge >= 0.3 is 5.97 Å². The monoisotopic (exact) mass is 422 g/mol. The first-order valence-corrected chi connectivity index (χ1v) is 11.2. The minimum absolute atomic E-state index is 0.0319. The maximum absolute atomic E-state index is 11.2. The van der Waals surface area contributed by atoms with Gasteiger partial charge in [-0.2, -0.15) is 0 Å². The summed E-state index contributed by atoms with van der Waals surface area (Å²) >= 11 is 6.58. The number of alkyl halides is 1. The SMILES string of the molecule is CCCCC(O)c1cccc([C@@H]2[C@@H](C/C=C\CCCC(=O)OC)[C@H](Cl)C[C@H]2O)c1. The van der Waals surface area contributed by atoms with Crippen LogP contribution in [0.4, 0.5) is 0 Å². The van der Waals surface area contributed by atoms with Gasteiger partial charge in [0.05, 0.1) is 19.3 Å². The number of hydrogen-bond donors (Lipinski definition) is 2. The molecule has 1 unspecified atom stereocenters. The molecule has 0 saturated heterocycles. The number of esters is 1. The van der Waals surface area contributed by atoms with Gasteiger partial charge in [-0.1, -0.05) is 56.2 Å². The summed E-state index contributed by atoms with van der Waals surface area (Å²) < 4.78 is 4.65. The van der Waals surface area contributed by atoms with Gasteiger partial charge in [0.1, 0.15) is 0 Å². The summed E-state index contributed by atoms with van der Waals surface area (Å²) in [7, 11) is 1.40. The van der Waals surface area contributed by atoms with Crippen molar-refractivity contribution >= 4 is 17.6 Å². The lowest BCUT2D eigenvalue weighted by atomic mass is 9.84. The van der Waals surface area contributed by atoms with Crippen LogP contribution in [0.15, 0.2) is 36.4 Å². The van der Waals surface area contributed by atoms with Gasteiger partial charge in [-0.25, -0.2) is 0 Å². The van der Waals surface area contributed by atoms with Crippen LogP contribution in [-0.2, 0) is 9.53 Å². The number of hydrogen-bond acceptors (Lipinski definition) is 4. The average molecular weight is 423 g/mol. The first-order valence-electron chi connectivity index (χ1n) is 10.8. The molecule has 162 valence electrons. The maximum Gasteiger partial charge on any atom is 0.305 e. The molecule has 2 N–H and O–H groups in total. The van der Waals surface area contributed by atoms with E-state index in [9.17, 15) is 15.0 Å². The normalized spacial score (nSPS) is 25.4. The summed E-state index contributed by atoms with van der Waals surface area (Å²) in [6.45, 7) is 2.12. The second-order valence-electron chi connectivity index (χ2n) is 8.01. The first kappa shape index (κ1) is 23.9. The standard InChI is InChI=1S/C24H35ClO4/c1-3-4-13-21(26)17-10-9-11-18(15-17)24-19(20(25)16-22(24)27)12-7-5-6-8-14-23(28)29-2/h5,7,9-11,15,19-22,24,26-27H,3-4,6,8,12-14,16H2,1-2H3/b7-5-/t19-,20+,21?,22+,24+/m0/s1. The minimum Gasteiger partial charge on any atom is -0.469 e. The van der Waals surface area contributed by atoms with Gasteiger partial charge in [-0.3, -0.25) is 4.79 Å². The number of methoxy groups -OCH3 is 1. The number of aliphatic hydroxyl groups is 2. The summed E-state index contributed by atoms with van der Waals surface area (Å²) in [5, 5.41) is 21.0. The predicted molar refractivity (Wildman–Crippen MR) is 117 cm³/mol. The van der Waals surface area contributed by atoms with Gasteiger partial charge < -0.3 is 14.9 Å². The fraction of sp³-hybridized carbons (Fsp3) is 0.625. The van der Waals surface area contributed by atoms with Crippen molar-refractivity contribution in [1.82, 2.24) is 0 Å². The van der Waals surface area contributed by atoms with Crippen molar-refractivity contribution in [3.05, 3.63) is 47.5 Å². The third-order valence-corrected chi connectivity index (χ3v) is 6.37. The Balaban J connectivity index is 2.01. The summed E-state index contributed by atoms with van der Waals surface area (Å²) in [5.41, 5.74) is 1.97. The van der Waals surface area contributed by atoms with E-state index in [1.165, 1.54) is 7.11 Å².